The average molecular weight is 592 g/mol. The Morgan fingerprint density at radius 2 is 1.20 bits per heavy atom. The summed E-state index contributed by atoms with van der Waals surface area (Å²) >= 11 is 3.45. The molecule has 0 bridgehead atoms. The number of nitrogens with one attached hydrogen (secondary N) is 3. The Morgan fingerprint density at radius 3 is 1.77 bits per heavy atom. The highest BCUT2D eigenvalue weighted by Crippen LogP contribution is 2.36. The fourth-order valence-corrected chi connectivity index (χ4v) is 5.15. The zero-order chi connectivity index (χ0) is 27.5. The van der Waals surface area contributed by atoms with Gasteiger partial charge in [0.25, 0.3) is 0 Å². The first-order valence-corrected chi connectivity index (χ1v) is 13.5. The fourth-order valence-electron chi connectivity index (χ4n) is 4.82. The van der Waals surface area contributed by atoms with Crippen molar-refractivity contribution >= 4 is 38.0 Å². The minimum atomic E-state index is 0.855. The summed E-state index contributed by atoms with van der Waals surface area (Å²) in [4.78, 5) is 18.5. The van der Waals surface area contributed by atoms with Crippen LogP contribution in [0.3, 0.4) is 0 Å². The van der Waals surface area contributed by atoms with Gasteiger partial charge in [-0.2, -0.15) is 0 Å². The first kappa shape index (κ1) is 25.5. The van der Waals surface area contributed by atoms with Crippen LogP contribution in [0.2, 0.25) is 0 Å². The van der Waals surface area contributed by atoms with Gasteiger partial charge in [0.2, 0.25) is 0 Å². The lowest BCUT2D eigenvalue weighted by atomic mass is 10.0. The van der Waals surface area contributed by atoms with Crippen LogP contribution >= 0.6 is 15.9 Å². The summed E-state index contributed by atoms with van der Waals surface area (Å²) in [6.07, 6.45) is 9.51. The third-order valence-corrected chi connectivity index (χ3v) is 7.17. The normalized spacial score (nSPS) is 10.9. The molecule has 8 heteroatoms. The molecular weight excluding hydrogens is 566 g/mol. The highest BCUT2D eigenvalue weighted by molar-refractivity contribution is 9.10. The fraction of sp³-hybridized carbons (Fsp3) is 0.0625. The summed E-state index contributed by atoms with van der Waals surface area (Å²) < 4.78 is 11.8. The Morgan fingerprint density at radius 1 is 0.625 bits per heavy atom. The standard InChI is InChI=1S/C18H15N3O.C14H11BrN2O/c1-22-17-7-3-2-5-13(17)15-11-21-18-14(15)9-12(10-20-18)16-6-4-8-19-16;1-18-13-5-3-2-4-10(13)12-8-17-14-11(12)6-9(15)7-16-14/h2-11,19H,1H3,(H,20,21);2-8H,1H3,(H,16,17). The van der Waals surface area contributed by atoms with Gasteiger partial charge in [0.05, 0.1) is 14.2 Å². The van der Waals surface area contributed by atoms with Crippen molar-refractivity contribution in [2.24, 2.45) is 0 Å². The van der Waals surface area contributed by atoms with Crippen LogP contribution in [-0.4, -0.2) is 39.1 Å². The van der Waals surface area contributed by atoms with Crippen LogP contribution in [0.25, 0.3) is 55.6 Å². The quantitative estimate of drug-likeness (QED) is 0.188. The Hall–Kier alpha value is -4.82. The van der Waals surface area contributed by atoms with E-state index in [0.717, 1.165) is 71.5 Å². The van der Waals surface area contributed by atoms with Gasteiger partial charge < -0.3 is 24.4 Å². The van der Waals surface area contributed by atoms with Gasteiger partial charge in [-0.3, -0.25) is 0 Å². The van der Waals surface area contributed by atoms with Crippen molar-refractivity contribution in [3.8, 4) is 45.0 Å². The zero-order valence-corrected chi connectivity index (χ0v) is 23.5. The summed E-state index contributed by atoms with van der Waals surface area (Å²) in [5.41, 5.74) is 8.17. The molecule has 198 valence electrons. The number of para-hydroxylation sites is 2. The molecule has 7 nitrogen and oxygen atoms in total. The number of benzene rings is 2. The lowest BCUT2D eigenvalue weighted by Gasteiger charge is -2.07. The van der Waals surface area contributed by atoms with E-state index >= 15 is 0 Å². The van der Waals surface area contributed by atoms with Gasteiger partial charge in [-0.05, 0) is 52.3 Å². The van der Waals surface area contributed by atoms with Gasteiger partial charge in [0.15, 0.2) is 0 Å². The van der Waals surface area contributed by atoms with E-state index < -0.39 is 0 Å². The number of hydrogen-bond acceptors (Lipinski definition) is 4. The van der Waals surface area contributed by atoms with E-state index in [1.165, 1.54) is 0 Å². The van der Waals surface area contributed by atoms with Crippen LogP contribution in [0.4, 0.5) is 0 Å². The Kier molecular flexibility index (Phi) is 7.08. The third-order valence-electron chi connectivity index (χ3n) is 6.73. The molecule has 5 heterocycles. The summed E-state index contributed by atoms with van der Waals surface area (Å²) in [5, 5.41) is 2.16. The second kappa shape index (κ2) is 11.1. The molecule has 0 atom stereocenters. The highest BCUT2D eigenvalue weighted by atomic mass is 79.9. The van der Waals surface area contributed by atoms with Gasteiger partial charge in [0.1, 0.15) is 22.8 Å². The first-order chi connectivity index (χ1) is 19.7. The van der Waals surface area contributed by atoms with Crippen LogP contribution < -0.4 is 9.47 Å². The Balaban J connectivity index is 0.000000148. The number of fused-ring (bicyclic) bond motifs is 2. The molecule has 7 rings (SSSR count). The molecule has 0 aliphatic carbocycles. The molecule has 0 aliphatic rings. The number of nitrogens with zero attached hydrogens (tertiary/aromatic N) is 2. The van der Waals surface area contributed by atoms with E-state index in [4.69, 9.17) is 9.47 Å². The maximum Gasteiger partial charge on any atom is 0.137 e. The second-order valence-corrected chi connectivity index (χ2v) is 9.97. The zero-order valence-electron chi connectivity index (χ0n) is 21.9. The van der Waals surface area contributed by atoms with Gasteiger partial charge in [-0.25, -0.2) is 9.97 Å². The van der Waals surface area contributed by atoms with E-state index in [1.54, 1.807) is 20.4 Å². The number of rotatable bonds is 5. The molecule has 2 aromatic carbocycles. The smallest absolute Gasteiger partial charge is 0.137 e. The Labute approximate surface area is 239 Å². The predicted molar refractivity (Wildman–Crippen MR) is 164 cm³/mol. The van der Waals surface area contributed by atoms with Crippen LogP contribution in [-0.2, 0) is 0 Å². The van der Waals surface area contributed by atoms with Crippen LogP contribution in [0.1, 0.15) is 0 Å². The molecule has 40 heavy (non-hydrogen) atoms. The van der Waals surface area contributed by atoms with E-state index in [-0.39, 0.29) is 0 Å². The van der Waals surface area contributed by atoms with E-state index in [0.29, 0.717) is 0 Å². The minimum absolute atomic E-state index is 0.855. The summed E-state index contributed by atoms with van der Waals surface area (Å²) in [6.45, 7) is 0. The van der Waals surface area contributed by atoms with Gasteiger partial charge in [-0.15, -0.1) is 0 Å². The molecule has 7 aromatic rings. The van der Waals surface area contributed by atoms with Crippen molar-refractivity contribution in [1.29, 1.82) is 0 Å². The number of halogens is 1. The van der Waals surface area contributed by atoms with Crippen LogP contribution in [0, 0.1) is 0 Å². The largest absolute Gasteiger partial charge is 0.496 e. The molecular formula is C32H26BrN5O2. The van der Waals surface area contributed by atoms with Crippen LogP contribution in [0.5, 0.6) is 11.5 Å². The lowest BCUT2D eigenvalue weighted by molar-refractivity contribution is 0.416. The Bertz CT molecular complexity index is 1910. The maximum atomic E-state index is 5.48. The number of pyridine rings is 2. The van der Waals surface area contributed by atoms with E-state index in [2.05, 4.69) is 59.0 Å². The summed E-state index contributed by atoms with van der Waals surface area (Å²) in [6, 6.07) is 24.2. The highest BCUT2D eigenvalue weighted by Gasteiger charge is 2.13. The van der Waals surface area contributed by atoms with Crippen molar-refractivity contribution < 1.29 is 9.47 Å². The third kappa shape index (κ3) is 4.85. The van der Waals surface area contributed by atoms with E-state index in [1.807, 2.05) is 79.4 Å². The molecule has 0 fully saturated rings. The minimum Gasteiger partial charge on any atom is -0.496 e. The molecule has 0 radical (unpaired) electrons. The topological polar surface area (TPSA) is 91.6 Å². The molecule has 0 spiro atoms. The number of aromatic amines is 3. The van der Waals surface area contributed by atoms with Crippen molar-refractivity contribution in [3.05, 3.63) is 108 Å². The first-order valence-electron chi connectivity index (χ1n) is 12.7. The van der Waals surface area contributed by atoms with Gasteiger partial charge in [0, 0.05) is 79.7 Å². The SMILES string of the molecule is COc1ccccc1-c1c[nH]c2ncc(-c3ccc[nH]3)cc12.COc1ccccc1-c1c[nH]c2ncc(Br)cc12. The second-order valence-electron chi connectivity index (χ2n) is 9.06. The number of methoxy groups -OCH3 is 2. The number of ether oxygens (including phenoxy) is 2. The summed E-state index contributed by atoms with van der Waals surface area (Å²) in [7, 11) is 3.37. The predicted octanol–water partition coefficient (Wildman–Crippen LogP) is 8.23. The molecule has 0 amide bonds. The number of aromatic nitrogens is 5. The number of H-pyrrole nitrogens is 3. The lowest BCUT2D eigenvalue weighted by Crippen LogP contribution is -1.87. The van der Waals surface area contributed by atoms with Crippen molar-refractivity contribution in [1.82, 2.24) is 24.9 Å². The van der Waals surface area contributed by atoms with Crippen LogP contribution in [0.15, 0.2) is 108 Å². The monoisotopic (exact) mass is 591 g/mol. The number of hydrogen-bond donors (Lipinski definition) is 3. The molecule has 3 N–H and O–H groups in total. The van der Waals surface area contributed by atoms with Gasteiger partial charge >= 0.3 is 0 Å². The summed E-state index contributed by atoms with van der Waals surface area (Å²) in [5.74, 6) is 1.71. The molecule has 5 aromatic heterocycles. The molecule has 0 saturated heterocycles. The van der Waals surface area contributed by atoms with Crippen molar-refractivity contribution in [2.75, 3.05) is 14.2 Å². The molecule has 0 saturated carbocycles. The maximum absolute atomic E-state index is 5.48. The molecule has 0 unspecified atom stereocenters. The van der Waals surface area contributed by atoms with Gasteiger partial charge in [-0.1, -0.05) is 36.4 Å². The van der Waals surface area contributed by atoms with Crippen molar-refractivity contribution in [3.63, 3.8) is 0 Å². The van der Waals surface area contributed by atoms with E-state index in [9.17, 15) is 0 Å². The molecule has 0 aliphatic heterocycles. The average Bonchev–Trinajstić information content (AvgIpc) is 3.77. The van der Waals surface area contributed by atoms with Crippen molar-refractivity contribution in [2.45, 2.75) is 0 Å².